The maximum absolute atomic E-state index is 12.7. The SMILES string of the molecule is COc1ccc(CNC(=O)Nc2ccc3c(c2)CN(C2CCC(=O)NC2=O)C3=O)cc1. The van der Waals surface area contributed by atoms with Gasteiger partial charge < -0.3 is 20.3 Å². The molecule has 1 saturated heterocycles. The van der Waals surface area contributed by atoms with E-state index in [9.17, 15) is 19.2 Å². The number of methoxy groups -OCH3 is 1. The topological polar surface area (TPSA) is 117 Å². The van der Waals surface area contributed by atoms with E-state index in [1.807, 2.05) is 24.3 Å². The van der Waals surface area contributed by atoms with Gasteiger partial charge in [0.15, 0.2) is 0 Å². The minimum absolute atomic E-state index is 0.206. The normalized spacial score (nSPS) is 17.8. The van der Waals surface area contributed by atoms with E-state index in [4.69, 9.17) is 4.74 Å². The molecule has 0 radical (unpaired) electrons. The number of amides is 5. The van der Waals surface area contributed by atoms with Crippen LogP contribution in [0.1, 0.15) is 34.3 Å². The molecular weight excluding hydrogens is 400 g/mol. The van der Waals surface area contributed by atoms with Crippen molar-refractivity contribution in [2.45, 2.75) is 32.0 Å². The molecule has 160 valence electrons. The Bertz CT molecular complexity index is 1050. The van der Waals surface area contributed by atoms with Gasteiger partial charge in [-0.25, -0.2) is 4.79 Å². The number of imide groups is 1. The van der Waals surface area contributed by atoms with Crippen LogP contribution in [0.25, 0.3) is 0 Å². The highest BCUT2D eigenvalue weighted by atomic mass is 16.5. The average Bonchev–Trinajstić information content (AvgIpc) is 3.08. The first-order chi connectivity index (χ1) is 14.9. The predicted molar refractivity (Wildman–Crippen MR) is 111 cm³/mol. The van der Waals surface area contributed by atoms with Crippen molar-refractivity contribution in [1.29, 1.82) is 0 Å². The number of ether oxygens (including phenoxy) is 1. The summed E-state index contributed by atoms with van der Waals surface area (Å²) in [5.41, 5.74) is 2.69. The Morgan fingerprint density at radius 3 is 2.65 bits per heavy atom. The highest BCUT2D eigenvalue weighted by molar-refractivity contribution is 6.05. The van der Waals surface area contributed by atoms with Gasteiger partial charge in [-0.15, -0.1) is 0 Å². The smallest absolute Gasteiger partial charge is 0.319 e. The molecule has 2 heterocycles. The van der Waals surface area contributed by atoms with E-state index in [0.717, 1.165) is 16.9 Å². The Kier molecular flexibility index (Phi) is 5.57. The molecule has 9 heteroatoms. The van der Waals surface area contributed by atoms with Gasteiger partial charge in [0.05, 0.1) is 7.11 Å². The van der Waals surface area contributed by atoms with E-state index < -0.39 is 11.9 Å². The number of anilines is 1. The van der Waals surface area contributed by atoms with Gasteiger partial charge in [-0.1, -0.05) is 12.1 Å². The fourth-order valence-electron chi connectivity index (χ4n) is 3.75. The number of nitrogens with one attached hydrogen (secondary N) is 3. The number of piperidine rings is 1. The number of nitrogens with zero attached hydrogens (tertiary/aromatic N) is 1. The molecule has 3 N–H and O–H groups in total. The molecule has 1 atom stereocenters. The maximum atomic E-state index is 12.7. The maximum Gasteiger partial charge on any atom is 0.319 e. The first-order valence-corrected chi connectivity index (χ1v) is 9.90. The first-order valence-electron chi connectivity index (χ1n) is 9.90. The number of hydrogen-bond acceptors (Lipinski definition) is 5. The number of carbonyl (C=O) groups excluding carboxylic acids is 4. The van der Waals surface area contributed by atoms with E-state index in [2.05, 4.69) is 16.0 Å². The van der Waals surface area contributed by atoms with Crippen molar-refractivity contribution in [3.05, 3.63) is 59.2 Å². The largest absolute Gasteiger partial charge is 0.497 e. The zero-order valence-corrected chi connectivity index (χ0v) is 16.9. The minimum atomic E-state index is -0.665. The third kappa shape index (κ3) is 4.35. The molecule has 31 heavy (non-hydrogen) atoms. The van der Waals surface area contributed by atoms with Crippen LogP contribution in [0.15, 0.2) is 42.5 Å². The summed E-state index contributed by atoms with van der Waals surface area (Å²) in [7, 11) is 1.59. The van der Waals surface area contributed by atoms with Crippen LogP contribution >= 0.6 is 0 Å². The van der Waals surface area contributed by atoms with E-state index in [1.165, 1.54) is 4.90 Å². The third-order valence-electron chi connectivity index (χ3n) is 5.39. The summed E-state index contributed by atoms with van der Waals surface area (Å²) in [6.07, 6.45) is 0.515. The van der Waals surface area contributed by atoms with Crippen molar-refractivity contribution < 1.29 is 23.9 Å². The van der Waals surface area contributed by atoms with Crippen LogP contribution in [0.2, 0.25) is 0 Å². The molecule has 1 unspecified atom stereocenters. The van der Waals surface area contributed by atoms with Crippen molar-refractivity contribution in [1.82, 2.24) is 15.5 Å². The summed E-state index contributed by atoms with van der Waals surface area (Å²) in [6.45, 7) is 0.603. The predicted octanol–water partition coefficient (Wildman–Crippen LogP) is 1.78. The highest BCUT2D eigenvalue weighted by Crippen LogP contribution is 2.29. The van der Waals surface area contributed by atoms with Gasteiger partial charge in [0.25, 0.3) is 5.91 Å². The number of benzene rings is 2. The highest BCUT2D eigenvalue weighted by Gasteiger charge is 2.39. The van der Waals surface area contributed by atoms with E-state index in [-0.39, 0.29) is 30.8 Å². The number of rotatable bonds is 5. The Morgan fingerprint density at radius 2 is 1.94 bits per heavy atom. The molecular formula is C22H22N4O5. The van der Waals surface area contributed by atoms with Crippen molar-refractivity contribution in [3.63, 3.8) is 0 Å². The van der Waals surface area contributed by atoms with E-state index >= 15 is 0 Å². The molecule has 0 aromatic heterocycles. The van der Waals surface area contributed by atoms with Crippen LogP contribution in [0, 0.1) is 0 Å². The van der Waals surface area contributed by atoms with Gasteiger partial charge in [-0.2, -0.15) is 0 Å². The lowest BCUT2D eigenvalue weighted by Crippen LogP contribution is -2.52. The minimum Gasteiger partial charge on any atom is -0.497 e. The van der Waals surface area contributed by atoms with Crippen molar-refractivity contribution >= 4 is 29.4 Å². The summed E-state index contributed by atoms with van der Waals surface area (Å²) in [5.74, 6) is -0.279. The molecule has 0 bridgehead atoms. The Balaban J connectivity index is 1.37. The van der Waals surface area contributed by atoms with Crippen LogP contribution in [-0.2, 0) is 22.7 Å². The summed E-state index contributed by atoms with van der Waals surface area (Å²) < 4.78 is 5.11. The molecule has 2 aliphatic heterocycles. The molecule has 2 aromatic rings. The molecule has 4 rings (SSSR count). The van der Waals surface area contributed by atoms with Gasteiger partial charge in [0, 0.05) is 30.8 Å². The summed E-state index contributed by atoms with van der Waals surface area (Å²) in [6, 6.07) is 11.4. The van der Waals surface area contributed by atoms with Crippen LogP contribution in [0.5, 0.6) is 5.75 Å². The fourth-order valence-corrected chi connectivity index (χ4v) is 3.75. The second-order valence-corrected chi connectivity index (χ2v) is 7.43. The average molecular weight is 422 g/mol. The van der Waals surface area contributed by atoms with Gasteiger partial charge in [-0.3, -0.25) is 19.7 Å². The quantitative estimate of drug-likeness (QED) is 0.635. The van der Waals surface area contributed by atoms with Crippen LogP contribution in [0.3, 0.4) is 0 Å². The lowest BCUT2D eigenvalue weighted by Gasteiger charge is -2.29. The van der Waals surface area contributed by atoms with E-state index in [0.29, 0.717) is 24.2 Å². The first kappa shape index (κ1) is 20.4. The van der Waals surface area contributed by atoms with Crippen molar-refractivity contribution in [2.75, 3.05) is 12.4 Å². The van der Waals surface area contributed by atoms with Gasteiger partial charge in [0.2, 0.25) is 11.8 Å². The Morgan fingerprint density at radius 1 is 1.16 bits per heavy atom. The van der Waals surface area contributed by atoms with Gasteiger partial charge >= 0.3 is 6.03 Å². The van der Waals surface area contributed by atoms with Crippen molar-refractivity contribution in [3.8, 4) is 5.75 Å². The molecule has 5 amide bonds. The fraction of sp³-hybridized carbons (Fsp3) is 0.273. The third-order valence-corrected chi connectivity index (χ3v) is 5.39. The number of urea groups is 1. The lowest BCUT2D eigenvalue weighted by molar-refractivity contribution is -0.136. The van der Waals surface area contributed by atoms with Crippen LogP contribution in [-0.4, -0.2) is 41.8 Å². The monoisotopic (exact) mass is 422 g/mol. The Labute approximate surface area is 178 Å². The molecule has 0 aliphatic carbocycles. The molecule has 1 fully saturated rings. The van der Waals surface area contributed by atoms with E-state index in [1.54, 1.807) is 25.3 Å². The van der Waals surface area contributed by atoms with Gasteiger partial charge in [-0.05, 0) is 47.9 Å². The van der Waals surface area contributed by atoms with Crippen LogP contribution < -0.4 is 20.7 Å². The number of hydrogen-bond donors (Lipinski definition) is 3. The second-order valence-electron chi connectivity index (χ2n) is 7.43. The molecule has 9 nitrogen and oxygen atoms in total. The standard InChI is InChI=1S/C22H22N4O5/c1-31-16-5-2-13(3-6-16)11-23-22(30)24-15-4-7-17-14(10-15)12-26(21(17)29)18-8-9-19(27)25-20(18)28/h2-7,10,18H,8-9,11-12H2,1H3,(H2,23,24,30)(H,25,27,28). The lowest BCUT2D eigenvalue weighted by atomic mass is 10.0. The summed E-state index contributed by atoms with van der Waals surface area (Å²) in [4.78, 5) is 49.9. The zero-order chi connectivity index (χ0) is 22.0. The molecule has 2 aliphatic rings. The summed E-state index contributed by atoms with van der Waals surface area (Å²) >= 11 is 0. The molecule has 0 spiro atoms. The zero-order valence-electron chi connectivity index (χ0n) is 16.9. The second kappa shape index (κ2) is 8.47. The van der Waals surface area contributed by atoms with Crippen LogP contribution in [0.4, 0.5) is 10.5 Å². The molecule has 0 saturated carbocycles. The van der Waals surface area contributed by atoms with Crippen molar-refractivity contribution in [2.24, 2.45) is 0 Å². The number of carbonyl (C=O) groups is 4. The number of fused-ring (bicyclic) bond motifs is 1. The summed E-state index contributed by atoms with van der Waals surface area (Å²) in [5, 5.41) is 7.82. The van der Waals surface area contributed by atoms with Gasteiger partial charge in [0.1, 0.15) is 11.8 Å². The molecule has 2 aromatic carbocycles. The Hall–Kier alpha value is -3.88.